The normalized spacial score (nSPS) is 30.9. The number of aliphatic hydroxyl groups excluding tert-OH is 1. The molecule has 2 fully saturated rings. The predicted molar refractivity (Wildman–Crippen MR) is 72.3 cm³/mol. The van der Waals surface area contributed by atoms with Gasteiger partial charge in [0, 0.05) is 18.8 Å². The predicted octanol–water partition coefficient (Wildman–Crippen LogP) is 1.18. The highest BCUT2D eigenvalue weighted by molar-refractivity contribution is 4.96. The van der Waals surface area contributed by atoms with Crippen molar-refractivity contribution in [2.45, 2.75) is 51.7 Å². The maximum absolute atomic E-state index is 8.85. The largest absolute Gasteiger partial charge is 0.394 e. The van der Waals surface area contributed by atoms with Crippen molar-refractivity contribution in [2.24, 2.45) is 17.8 Å². The van der Waals surface area contributed by atoms with Crippen LogP contribution in [0.3, 0.4) is 0 Å². The molecule has 4 atom stereocenters. The lowest BCUT2D eigenvalue weighted by atomic mass is 9.84. The van der Waals surface area contributed by atoms with Crippen LogP contribution in [0.25, 0.3) is 0 Å². The molecule has 2 aliphatic carbocycles. The Kier molecular flexibility index (Phi) is 3.84. The van der Waals surface area contributed by atoms with E-state index in [1.54, 1.807) is 4.68 Å². The molecule has 0 spiro atoms. The van der Waals surface area contributed by atoms with Crippen LogP contribution in [0.1, 0.15) is 38.3 Å². The summed E-state index contributed by atoms with van der Waals surface area (Å²) in [6, 6.07) is 0.568. The number of hydrogen-bond acceptors (Lipinski definition) is 4. The van der Waals surface area contributed by atoms with Crippen molar-refractivity contribution >= 4 is 0 Å². The van der Waals surface area contributed by atoms with Crippen LogP contribution in [-0.2, 0) is 13.1 Å². The van der Waals surface area contributed by atoms with E-state index in [1.165, 1.54) is 25.7 Å². The molecular weight excluding hydrogens is 240 g/mol. The van der Waals surface area contributed by atoms with Crippen LogP contribution < -0.4 is 5.32 Å². The molecule has 5 nitrogen and oxygen atoms in total. The molecule has 0 amide bonds. The Morgan fingerprint density at radius 2 is 2.37 bits per heavy atom. The number of nitrogens with one attached hydrogen (secondary N) is 1. The van der Waals surface area contributed by atoms with Gasteiger partial charge in [-0.2, -0.15) is 0 Å². The van der Waals surface area contributed by atoms with Crippen LogP contribution in [0, 0.1) is 17.8 Å². The first kappa shape index (κ1) is 13.1. The second kappa shape index (κ2) is 5.59. The van der Waals surface area contributed by atoms with Crippen molar-refractivity contribution in [1.29, 1.82) is 0 Å². The van der Waals surface area contributed by atoms with Gasteiger partial charge in [0.1, 0.15) is 0 Å². The second-order valence-electron chi connectivity index (χ2n) is 6.20. The number of rotatable bonds is 6. The summed E-state index contributed by atoms with van der Waals surface area (Å²) >= 11 is 0. The molecule has 1 aromatic heterocycles. The molecule has 2 N–H and O–H groups in total. The number of aliphatic hydroxyl groups is 1. The van der Waals surface area contributed by atoms with Gasteiger partial charge < -0.3 is 10.4 Å². The first-order valence-electron chi connectivity index (χ1n) is 7.49. The Morgan fingerprint density at radius 1 is 1.47 bits per heavy atom. The van der Waals surface area contributed by atoms with E-state index in [9.17, 15) is 0 Å². The minimum absolute atomic E-state index is 0.109. The Hall–Kier alpha value is -0.940. The fraction of sp³-hybridized carbons (Fsp3) is 0.857. The fourth-order valence-electron chi connectivity index (χ4n) is 3.95. The molecule has 5 heteroatoms. The van der Waals surface area contributed by atoms with Crippen molar-refractivity contribution in [3.8, 4) is 0 Å². The third kappa shape index (κ3) is 2.82. The third-order valence-electron chi connectivity index (χ3n) is 4.96. The van der Waals surface area contributed by atoms with Gasteiger partial charge in [0.25, 0.3) is 0 Å². The van der Waals surface area contributed by atoms with Crippen LogP contribution in [0.15, 0.2) is 6.20 Å². The van der Waals surface area contributed by atoms with Crippen LogP contribution in [0.2, 0.25) is 0 Å². The van der Waals surface area contributed by atoms with Gasteiger partial charge >= 0.3 is 0 Å². The van der Waals surface area contributed by atoms with Crippen molar-refractivity contribution in [3.05, 3.63) is 11.9 Å². The molecule has 0 radical (unpaired) electrons. The van der Waals surface area contributed by atoms with Gasteiger partial charge in [-0.3, -0.25) is 0 Å². The summed E-state index contributed by atoms with van der Waals surface area (Å²) in [4.78, 5) is 0. The molecule has 1 heterocycles. The Balaban J connectivity index is 1.48. The van der Waals surface area contributed by atoms with E-state index in [1.807, 2.05) is 6.20 Å². The summed E-state index contributed by atoms with van der Waals surface area (Å²) in [6.45, 7) is 3.72. The van der Waals surface area contributed by atoms with E-state index in [0.29, 0.717) is 12.6 Å². The lowest BCUT2D eigenvalue weighted by Gasteiger charge is -2.28. The fourth-order valence-corrected chi connectivity index (χ4v) is 3.95. The van der Waals surface area contributed by atoms with E-state index in [4.69, 9.17) is 5.11 Å². The Bertz CT molecular complexity index is 419. The minimum atomic E-state index is 0.109. The maximum Gasteiger partial charge on any atom is 0.0964 e. The molecule has 19 heavy (non-hydrogen) atoms. The summed E-state index contributed by atoms with van der Waals surface area (Å²) in [6.07, 6.45) is 7.69. The van der Waals surface area contributed by atoms with Gasteiger partial charge in [0.2, 0.25) is 0 Å². The first-order chi connectivity index (χ1) is 9.26. The highest BCUT2D eigenvalue weighted by Crippen LogP contribution is 2.49. The van der Waals surface area contributed by atoms with Crippen molar-refractivity contribution in [3.63, 3.8) is 0 Å². The molecular formula is C14H24N4O. The average molecular weight is 264 g/mol. The van der Waals surface area contributed by atoms with E-state index in [2.05, 4.69) is 22.6 Å². The second-order valence-corrected chi connectivity index (χ2v) is 6.20. The average Bonchev–Trinajstić information content (AvgIpc) is 3.12. The topological polar surface area (TPSA) is 63.0 Å². The monoisotopic (exact) mass is 264 g/mol. The SMILES string of the molecule is CC(NCc1cn(CCO)nn1)C1CC2CCC1C2. The van der Waals surface area contributed by atoms with E-state index < -0.39 is 0 Å². The number of nitrogens with zero attached hydrogens (tertiary/aromatic N) is 3. The summed E-state index contributed by atoms with van der Waals surface area (Å²) in [5, 5.41) is 20.6. The molecule has 0 aromatic carbocycles. The Labute approximate surface area is 114 Å². The van der Waals surface area contributed by atoms with Gasteiger partial charge in [0.05, 0.1) is 18.8 Å². The molecule has 3 rings (SSSR count). The van der Waals surface area contributed by atoms with E-state index in [0.717, 1.165) is 30.0 Å². The molecule has 0 saturated heterocycles. The number of aromatic nitrogens is 3. The Morgan fingerprint density at radius 3 is 3.05 bits per heavy atom. The third-order valence-corrected chi connectivity index (χ3v) is 4.96. The molecule has 2 bridgehead atoms. The van der Waals surface area contributed by atoms with Crippen LogP contribution in [0.5, 0.6) is 0 Å². The number of hydrogen-bond donors (Lipinski definition) is 2. The summed E-state index contributed by atoms with van der Waals surface area (Å²) in [5.41, 5.74) is 0.962. The molecule has 2 aliphatic rings. The van der Waals surface area contributed by atoms with Crippen LogP contribution in [0.4, 0.5) is 0 Å². The van der Waals surface area contributed by atoms with E-state index in [-0.39, 0.29) is 6.61 Å². The van der Waals surface area contributed by atoms with Crippen molar-refractivity contribution in [2.75, 3.05) is 6.61 Å². The van der Waals surface area contributed by atoms with Crippen molar-refractivity contribution in [1.82, 2.24) is 20.3 Å². The lowest BCUT2D eigenvalue weighted by molar-refractivity contribution is 0.259. The highest BCUT2D eigenvalue weighted by Gasteiger charge is 2.41. The van der Waals surface area contributed by atoms with Crippen molar-refractivity contribution < 1.29 is 5.11 Å². The van der Waals surface area contributed by atoms with Gasteiger partial charge in [-0.25, -0.2) is 4.68 Å². The van der Waals surface area contributed by atoms with Crippen LogP contribution >= 0.6 is 0 Å². The van der Waals surface area contributed by atoms with Gasteiger partial charge in [-0.05, 0) is 43.9 Å². The standard InChI is InChI=1S/C14H24N4O/c1-10(14-7-11-2-3-12(14)6-11)15-8-13-9-18(4-5-19)17-16-13/h9-12,14-15,19H,2-8H2,1H3. The first-order valence-corrected chi connectivity index (χ1v) is 7.49. The molecule has 2 saturated carbocycles. The molecule has 4 unspecified atom stereocenters. The number of fused-ring (bicyclic) bond motifs is 2. The summed E-state index contributed by atoms with van der Waals surface area (Å²) < 4.78 is 1.69. The van der Waals surface area contributed by atoms with E-state index >= 15 is 0 Å². The smallest absolute Gasteiger partial charge is 0.0964 e. The minimum Gasteiger partial charge on any atom is -0.394 e. The lowest BCUT2D eigenvalue weighted by Crippen LogP contribution is -2.35. The summed E-state index contributed by atoms with van der Waals surface area (Å²) in [7, 11) is 0. The van der Waals surface area contributed by atoms with Gasteiger partial charge in [-0.15, -0.1) is 5.10 Å². The zero-order valence-electron chi connectivity index (χ0n) is 11.6. The molecule has 1 aromatic rings. The molecule has 106 valence electrons. The van der Waals surface area contributed by atoms with Gasteiger partial charge in [0.15, 0.2) is 0 Å². The zero-order valence-corrected chi connectivity index (χ0v) is 11.6. The summed E-state index contributed by atoms with van der Waals surface area (Å²) in [5.74, 6) is 2.81. The zero-order chi connectivity index (χ0) is 13.2. The quantitative estimate of drug-likeness (QED) is 0.810. The molecule has 0 aliphatic heterocycles. The van der Waals surface area contributed by atoms with Crippen LogP contribution in [-0.4, -0.2) is 32.7 Å². The highest BCUT2D eigenvalue weighted by atomic mass is 16.3. The maximum atomic E-state index is 8.85. The van der Waals surface area contributed by atoms with Gasteiger partial charge in [-0.1, -0.05) is 11.6 Å².